The fourth-order valence-electron chi connectivity index (χ4n) is 6.78. The number of carboxylic acids is 1. The van der Waals surface area contributed by atoms with Gasteiger partial charge in [-0.15, -0.1) is 0 Å². The summed E-state index contributed by atoms with van der Waals surface area (Å²) in [6, 6.07) is 11.8. The quantitative estimate of drug-likeness (QED) is 0.634. The minimum Gasteiger partial charge on any atom is -0.504 e. The number of benzene rings is 2. The van der Waals surface area contributed by atoms with Gasteiger partial charge in [0.2, 0.25) is 0 Å². The molecule has 30 heavy (non-hydrogen) atoms. The van der Waals surface area contributed by atoms with Crippen LogP contribution in [0, 0.1) is 17.8 Å². The lowest BCUT2D eigenvalue weighted by Gasteiger charge is -2.57. The number of carboxylic acid groups (broad SMARTS) is 1. The molecule has 0 amide bonds. The monoisotopic (exact) mass is 404 g/mol. The first kappa shape index (κ1) is 19.2. The van der Waals surface area contributed by atoms with Gasteiger partial charge in [0.25, 0.3) is 0 Å². The third-order valence-corrected chi connectivity index (χ3v) is 7.55. The van der Waals surface area contributed by atoms with Gasteiger partial charge < -0.3 is 14.9 Å². The van der Waals surface area contributed by atoms with E-state index in [-0.39, 0.29) is 11.2 Å². The Kier molecular flexibility index (Phi) is 4.61. The van der Waals surface area contributed by atoms with Crippen molar-refractivity contribution in [2.24, 2.45) is 17.8 Å². The molecule has 0 aliphatic heterocycles. The standard InChI is InChI=1S/C26H28O4/c1-30-25-22(26-13-17-8-18(14-26)10-19(9-17)15-26)11-21(12-23(25)27)20-5-2-16(3-6-20)4-7-24(28)29/h2-7,11-12,17-19,27H,8-10,13-15H2,1H3,(H,28,29)/b7-4+. The van der Waals surface area contributed by atoms with Crippen molar-refractivity contribution in [1.82, 2.24) is 0 Å². The summed E-state index contributed by atoms with van der Waals surface area (Å²) in [5, 5.41) is 19.6. The molecule has 0 saturated heterocycles. The van der Waals surface area contributed by atoms with Crippen LogP contribution in [-0.2, 0) is 10.2 Å². The van der Waals surface area contributed by atoms with Crippen LogP contribution in [0.25, 0.3) is 17.2 Å². The first-order valence-electron chi connectivity index (χ1n) is 10.9. The number of carbonyl (C=O) groups is 1. The molecule has 4 nitrogen and oxygen atoms in total. The summed E-state index contributed by atoms with van der Waals surface area (Å²) < 4.78 is 5.72. The maximum Gasteiger partial charge on any atom is 0.328 e. The molecule has 0 spiro atoms. The van der Waals surface area contributed by atoms with E-state index in [1.807, 2.05) is 24.3 Å². The largest absolute Gasteiger partial charge is 0.504 e. The molecule has 4 heteroatoms. The average Bonchev–Trinajstić information content (AvgIpc) is 2.71. The van der Waals surface area contributed by atoms with E-state index in [1.165, 1.54) is 44.1 Å². The lowest BCUT2D eigenvalue weighted by Crippen LogP contribution is -2.48. The highest BCUT2D eigenvalue weighted by atomic mass is 16.5. The second kappa shape index (κ2) is 7.19. The molecule has 2 aromatic carbocycles. The third kappa shape index (κ3) is 3.28. The molecule has 4 aliphatic carbocycles. The number of rotatable bonds is 5. The van der Waals surface area contributed by atoms with Gasteiger partial charge in [-0.25, -0.2) is 4.79 Å². The van der Waals surface area contributed by atoms with Crippen LogP contribution >= 0.6 is 0 Å². The van der Waals surface area contributed by atoms with Gasteiger partial charge in [0, 0.05) is 11.6 Å². The van der Waals surface area contributed by atoms with E-state index in [2.05, 4.69) is 6.07 Å². The zero-order valence-electron chi connectivity index (χ0n) is 17.3. The Morgan fingerprint density at radius 3 is 2.13 bits per heavy atom. The van der Waals surface area contributed by atoms with Gasteiger partial charge in [0.15, 0.2) is 11.5 Å². The van der Waals surface area contributed by atoms with Gasteiger partial charge in [-0.1, -0.05) is 24.3 Å². The van der Waals surface area contributed by atoms with Crippen molar-refractivity contribution >= 4 is 12.0 Å². The molecule has 4 saturated carbocycles. The SMILES string of the molecule is COc1c(O)cc(-c2ccc(/C=C/C(=O)O)cc2)cc1C12CC3CC(CC(C3)C1)C2. The number of hydrogen-bond acceptors (Lipinski definition) is 3. The van der Waals surface area contributed by atoms with Crippen molar-refractivity contribution in [2.45, 2.75) is 43.9 Å². The number of hydrogen-bond donors (Lipinski definition) is 2. The Morgan fingerprint density at radius 1 is 1.00 bits per heavy atom. The highest BCUT2D eigenvalue weighted by Crippen LogP contribution is 2.62. The number of phenols is 1. The molecular weight excluding hydrogens is 376 g/mol. The Balaban J connectivity index is 1.54. The van der Waals surface area contributed by atoms with Crippen LogP contribution in [0.5, 0.6) is 11.5 Å². The van der Waals surface area contributed by atoms with Crippen LogP contribution in [0.3, 0.4) is 0 Å². The molecule has 2 N–H and O–H groups in total. The Hall–Kier alpha value is -2.75. The van der Waals surface area contributed by atoms with Crippen molar-refractivity contribution in [3.63, 3.8) is 0 Å². The number of ether oxygens (including phenoxy) is 1. The number of aromatic hydroxyl groups is 1. The zero-order valence-corrected chi connectivity index (χ0v) is 17.3. The second-order valence-electron chi connectivity index (χ2n) is 9.57. The summed E-state index contributed by atoms with van der Waals surface area (Å²) in [7, 11) is 1.66. The van der Waals surface area contributed by atoms with Gasteiger partial charge >= 0.3 is 5.97 Å². The van der Waals surface area contributed by atoms with Crippen LogP contribution in [0.1, 0.15) is 49.7 Å². The summed E-state index contributed by atoms with van der Waals surface area (Å²) in [5.41, 5.74) is 4.12. The van der Waals surface area contributed by atoms with Crippen LogP contribution in [0.2, 0.25) is 0 Å². The Labute approximate surface area is 177 Å². The highest BCUT2D eigenvalue weighted by molar-refractivity contribution is 5.85. The smallest absolute Gasteiger partial charge is 0.328 e. The van der Waals surface area contributed by atoms with Crippen LogP contribution in [0.15, 0.2) is 42.5 Å². The molecule has 0 heterocycles. The van der Waals surface area contributed by atoms with E-state index in [9.17, 15) is 9.90 Å². The first-order valence-corrected chi connectivity index (χ1v) is 10.9. The zero-order chi connectivity index (χ0) is 20.9. The second-order valence-corrected chi connectivity index (χ2v) is 9.57. The van der Waals surface area contributed by atoms with Gasteiger partial charge in [0.05, 0.1) is 7.11 Å². The molecule has 0 radical (unpaired) electrons. The molecule has 4 bridgehead atoms. The van der Waals surface area contributed by atoms with Crippen LogP contribution < -0.4 is 4.74 Å². The van der Waals surface area contributed by atoms with E-state index in [4.69, 9.17) is 9.84 Å². The summed E-state index contributed by atoms with van der Waals surface area (Å²) in [6.07, 6.45) is 10.5. The fourth-order valence-corrected chi connectivity index (χ4v) is 6.78. The molecule has 156 valence electrons. The molecule has 0 unspecified atom stereocenters. The van der Waals surface area contributed by atoms with E-state index in [1.54, 1.807) is 19.3 Å². The summed E-state index contributed by atoms with van der Waals surface area (Å²) in [5.74, 6) is 2.32. The molecule has 4 fully saturated rings. The van der Waals surface area contributed by atoms with Gasteiger partial charge in [-0.2, -0.15) is 0 Å². The van der Waals surface area contributed by atoms with E-state index >= 15 is 0 Å². The molecule has 0 atom stereocenters. The lowest BCUT2D eigenvalue weighted by molar-refractivity contribution is -0.131. The molecule has 2 aromatic rings. The minimum atomic E-state index is -0.959. The Bertz CT molecular complexity index is 967. The predicted octanol–water partition coefficient (Wildman–Crippen LogP) is 5.63. The van der Waals surface area contributed by atoms with Crippen molar-refractivity contribution in [3.05, 3.63) is 53.6 Å². The fraction of sp³-hybridized carbons (Fsp3) is 0.423. The molecule has 4 aliphatic rings. The predicted molar refractivity (Wildman–Crippen MR) is 117 cm³/mol. The maximum absolute atomic E-state index is 10.8. The van der Waals surface area contributed by atoms with Crippen molar-refractivity contribution in [3.8, 4) is 22.6 Å². The van der Waals surface area contributed by atoms with Crippen LogP contribution in [-0.4, -0.2) is 23.3 Å². The molecular formula is C26H28O4. The van der Waals surface area contributed by atoms with Crippen molar-refractivity contribution in [2.75, 3.05) is 7.11 Å². The summed E-state index contributed by atoms with van der Waals surface area (Å²) >= 11 is 0. The normalized spacial score (nSPS) is 29.4. The lowest BCUT2D eigenvalue weighted by atomic mass is 9.48. The van der Waals surface area contributed by atoms with E-state index < -0.39 is 5.97 Å². The summed E-state index contributed by atoms with van der Waals surface area (Å²) in [6.45, 7) is 0. The van der Waals surface area contributed by atoms with Crippen molar-refractivity contribution < 1.29 is 19.7 Å². The Morgan fingerprint density at radius 2 is 1.60 bits per heavy atom. The number of methoxy groups -OCH3 is 1. The van der Waals surface area contributed by atoms with Gasteiger partial charge in [-0.05, 0) is 96.6 Å². The average molecular weight is 405 g/mol. The van der Waals surface area contributed by atoms with Gasteiger partial charge in [-0.3, -0.25) is 0 Å². The number of aliphatic carboxylic acids is 1. The summed E-state index contributed by atoms with van der Waals surface area (Å²) in [4.78, 5) is 10.7. The van der Waals surface area contributed by atoms with E-state index in [0.717, 1.165) is 40.5 Å². The van der Waals surface area contributed by atoms with Crippen LogP contribution in [0.4, 0.5) is 0 Å². The minimum absolute atomic E-state index is 0.123. The highest BCUT2D eigenvalue weighted by Gasteiger charge is 2.52. The third-order valence-electron chi connectivity index (χ3n) is 7.55. The molecule has 6 rings (SSSR count). The number of phenolic OH excluding ortho intramolecular Hbond substituents is 1. The van der Waals surface area contributed by atoms with E-state index in [0.29, 0.717) is 5.75 Å². The first-order chi connectivity index (χ1) is 14.5. The molecule has 0 aromatic heterocycles. The van der Waals surface area contributed by atoms with Gasteiger partial charge in [0.1, 0.15) is 0 Å². The maximum atomic E-state index is 10.8. The van der Waals surface area contributed by atoms with Crippen molar-refractivity contribution in [1.29, 1.82) is 0 Å². The topological polar surface area (TPSA) is 66.8 Å².